The minimum absolute atomic E-state index is 0.0901. The van der Waals surface area contributed by atoms with Crippen molar-refractivity contribution in [3.63, 3.8) is 0 Å². The van der Waals surface area contributed by atoms with E-state index in [4.69, 9.17) is 5.11 Å². The van der Waals surface area contributed by atoms with Gasteiger partial charge in [0.2, 0.25) is 6.17 Å². The van der Waals surface area contributed by atoms with Crippen LogP contribution in [0.25, 0.3) is 0 Å². The monoisotopic (exact) mass is 349 g/mol. The maximum absolute atomic E-state index is 13.9. The molecule has 1 aromatic carbocycles. The molecule has 0 heterocycles. The molecule has 0 bridgehead atoms. The Kier molecular flexibility index (Phi) is 7.67. The van der Waals surface area contributed by atoms with Crippen LogP contribution in [0.2, 0.25) is 0 Å². The van der Waals surface area contributed by atoms with Crippen LogP contribution >= 0.6 is 0 Å². The first-order chi connectivity index (χ1) is 11.2. The molecule has 1 rings (SSSR count). The molecule has 24 heavy (non-hydrogen) atoms. The fraction of sp³-hybridized carbons (Fsp3) is 0.500. The molecule has 1 unspecified atom stereocenters. The summed E-state index contributed by atoms with van der Waals surface area (Å²) in [5, 5.41) is 10.8. The molecule has 0 aliphatic rings. The highest BCUT2D eigenvalue weighted by Crippen LogP contribution is 2.30. The molecule has 2 N–H and O–H groups in total. The van der Waals surface area contributed by atoms with Crippen molar-refractivity contribution in [2.75, 3.05) is 6.54 Å². The van der Waals surface area contributed by atoms with Crippen molar-refractivity contribution in [2.24, 2.45) is 0 Å². The molecular formula is C16H19F4NO3. The van der Waals surface area contributed by atoms with Crippen LogP contribution in [0.3, 0.4) is 0 Å². The van der Waals surface area contributed by atoms with Crippen molar-refractivity contribution in [1.82, 2.24) is 5.32 Å². The molecule has 0 radical (unpaired) electrons. The van der Waals surface area contributed by atoms with Crippen LogP contribution in [-0.4, -0.2) is 23.5 Å². The highest BCUT2D eigenvalue weighted by Gasteiger charge is 2.30. The Balaban J connectivity index is 2.33. The standard InChI is InChI=1S/C16H19F4NO3/c17-14(11-6-8-12(9-7-11)16(18,19)20)15(24)21-10-4-2-1-3-5-13(22)23/h6-9,14H,1-5,10H2,(H,21,24)(H,22,23). The zero-order chi connectivity index (χ0) is 18.2. The van der Waals surface area contributed by atoms with Gasteiger partial charge in [0.25, 0.3) is 5.91 Å². The predicted molar refractivity (Wildman–Crippen MR) is 79.0 cm³/mol. The molecular weight excluding hydrogens is 330 g/mol. The molecule has 1 amide bonds. The van der Waals surface area contributed by atoms with Crippen LogP contribution < -0.4 is 5.32 Å². The number of alkyl halides is 4. The maximum Gasteiger partial charge on any atom is 0.416 e. The Morgan fingerprint density at radius 3 is 2.17 bits per heavy atom. The van der Waals surface area contributed by atoms with Crippen molar-refractivity contribution in [3.8, 4) is 0 Å². The Morgan fingerprint density at radius 1 is 1.04 bits per heavy atom. The average molecular weight is 349 g/mol. The van der Waals surface area contributed by atoms with E-state index in [1.165, 1.54) is 0 Å². The summed E-state index contributed by atoms with van der Waals surface area (Å²) >= 11 is 0. The number of benzene rings is 1. The first kappa shape index (κ1) is 19.9. The van der Waals surface area contributed by atoms with E-state index in [9.17, 15) is 27.2 Å². The highest BCUT2D eigenvalue weighted by molar-refractivity contribution is 5.82. The predicted octanol–water partition coefficient (Wildman–Crippen LogP) is 3.87. The van der Waals surface area contributed by atoms with Crippen LogP contribution in [0.15, 0.2) is 24.3 Å². The molecule has 0 fully saturated rings. The number of carbonyl (C=O) groups excluding carboxylic acids is 1. The van der Waals surface area contributed by atoms with Crippen LogP contribution in [0, 0.1) is 0 Å². The Labute approximate surface area is 136 Å². The lowest BCUT2D eigenvalue weighted by Gasteiger charge is -2.11. The summed E-state index contributed by atoms with van der Waals surface area (Å²) < 4.78 is 51.2. The van der Waals surface area contributed by atoms with Gasteiger partial charge in [-0.2, -0.15) is 13.2 Å². The minimum Gasteiger partial charge on any atom is -0.481 e. The van der Waals surface area contributed by atoms with Crippen LogP contribution in [0.5, 0.6) is 0 Å². The van der Waals surface area contributed by atoms with Gasteiger partial charge in [-0.3, -0.25) is 9.59 Å². The first-order valence-corrected chi connectivity index (χ1v) is 7.52. The second-order valence-electron chi connectivity index (χ2n) is 5.33. The number of halogens is 4. The molecule has 0 aromatic heterocycles. The van der Waals surface area contributed by atoms with E-state index in [0.717, 1.165) is 24.3 Å². The van der Waals surface area contributed by atoms with Crippen molar-refractivity contribution >= 4 is 11.9 Å². The minimum atomic E-state index is -4.51. The van der Waals surface area contributed by atoms with Crippen molar-refractivity contribution < 1.29 is 32.3 Å². The SMILES string of the molecule is O=C(O)CCCCCCNC(=O)C(F)c1ccc(C(F)(F)F)cc1. The third-order valence-corrected chi connectivity index (χ3v) is 3.38. The van der Waals surface area contributed by atoms with Gasteiger partial charge in [-0.25, -0.2) is 4.39 Å². The lowest BCUT2D eigenvalue weighted by atomic mass is 10.1. The molecule has 0 saturated carbocycles. The summed E-state index contributed by atoms with van der Waals surface area (Å²) in [7, 11) is 0. The van der Waals surface area contributed by atoms with Crippen molar-refractivity contribution in [3.05, 3.63) is 35.4 Å². The zero-order valence-electron chi connectivity index (χ0n) is 12.9. The number of aliphatic carboxylic acids is 1. The van der Waals surface area contributed by atoms with E-state index in [-0.39, 0.29) is 18.5 Å². The van der Waals surface area contributed by atoms with Crippen molar-refractivity contribution in [2.45, 2.75) is 44.5 Å². The van der Waals surface area contributed by atoms with Gasteiger partial charge in [0, 0.05) is 13.0 Å². The fourth-order valence-electron chi connectivity index (χ4n) is 2.05. The Bertz CT molecular complexity index is 543. The van der Waals surface area contributed by atoms with Gasteiger partial charge in [0.15, 0.2) is 0 Å². The number of unbranched alkanes of at least 4 members (excludes halogenated alkanes) is 3. The van der Waals surface area contributed by atoms with Gasteiger partial charge in [-0.05, 0) is 30.5 Å². The molecule has 0 aliphatic carbocycles. The third kappa shape index (κ3) is 6.97. The number of rotatable bonds is 9. The summed E-state index contributed by atoms with van der Waals surface area (Å²) in [5.41, 5.74) is -1.04. The second-order valence-corrected chi connectivity index (χ2v) is 5.33. The lowest BCUT2D eigenvalue weighted by Crippen LogP contribution is -2.28. The quantitative estimate of drug-likeness (QED) is 0.525. The molecule has 4 nitrogen and oxygen atoms in total. The van der Waals surface area contributed by atoms with E-state index in [1.807, 2.05) is 0 Å². The van der Waals surface area contributed by atoms with E-state index >= 15 is 0 Å². The summed E-state index contributed by atoms with van der Waals surface area (Å²) in [6.07, 6.45) is -3.93. The number of amides is 1. The van der Waals surface area contributed by atoms with Crippen LogP contribution in [0.1, 0.15) is 49.4 Å². The van der Waals surface area contributed by atoms with Crippen LogP contribution in [-0.2, 0) is 15.8 Å². The molecule has 8 heteroatoms. The van der Waals surface area contributed by atoms with E-state index in [2.05, 4.69) is 5.32 Å². The Morgan fingerprint density at radius 2 is 1.62 bits per heavy atom. The molecule has 1 aromatic rings. The van der Waals surface area contributed by atoms with Gasteiger partial charge in [0.1, 0.15) is 0 Å². The molecule has 1 atom stereocenters. The highest BCUT2D eigenvalue weighted by atomic mass is 19.4. The number of hydrogen-bond donors (Lipinski definition) is 2. The molecule has 0 spiro atoms. The molecule has 0 aliphatic heterocycles. The Hall–Kier alpha value is -2.12. The maximum atomic E-state index is 13.9. The lowest BCUT2D eigenvalue weighted by molar-refractivity contribution is -0.138. The fourth-order valence-corrected chi connectivity index (χ4v) is 2.05. The number of carbonyl (C=O) groups is 2. The largest absolute Gasteiger partial charge is 0.481 e. The summed E-state index contributed by atoms with van der Waals surface area (Å²) in [6, 6.07) is 3.35. The van der Waals surface area contributed by atoms with Gasteiger partial charge in [-0.1, -0.05) is 25.0 Å². The smallest absolute Gasteiger partial charge is 0.416 e. The third-order valence-electron chi connectivity index (χ3n) is 3.38. The van der Waals surface area contributed by atoms with E-state index < -0.39 is 29.8 Å². The van der Waals surface area contributed by atoms with Crippen LogP contribution in [0.4, 0.5) is 17.6 Å². The van der Waals surface area contributed by atoms with Gasteiger partial charge in [0.05, 0.1) is 5.56 Å². The van der Waals surface area contributed by atoms with Gasteiger partial charge in [-0.15, -0.1) is 0 Å². The number of hydrogen-bond acceptors (Lipinski definition) is 2. The van der Waals surface area contributed by atoms with E-state index in [1.54, 1.807) is 0 Å². The number of carboxylic acid groups (broad SMARTS) is 1. The summed E-state index contributed by atoms with van der Waals surface area (Å²) in [6.45, 7) is 0.229. The number of carboxylic acids is 1. The van der Waals surface area contributed by atoms with Gasteiger partial charge >= 0.3 is 12.1 Å². The normalized spacial score (nSPS) is 12.7. The van der Waals surface area contributed by atoms with Crippen molar-refractivity contribution in [1.29, 1.82) is 0 Å². The summed E-state index contributed by atoms with van der Waals surface area (Å²) in [5.74, 6) is -1.76. The average Bonchev–Trinajstić information content (AvgIpc) is 2.52. The topological polar surface area (TPSA) is 66.4 Å². The molecule has 134 valence electrons. The van der Waals surface area contributed by atoms with Gasteiger partial charge < -0.3 is 10.4 Å². The molecule has 0 saturated heterocycles. The van der Waals surface area contributed by atoms with E-state index in [0.29, 0.717) is 25.7 Å². The zero-order valence-corrected chi connectivity index (χ0v) is 12.9. The summed E-state index contributed by atoms with van der Waals surface area (Å²) in [4.78, 5) is 21.9. The number of nitrogens with one attached hydrogen (secondary N) is 1. The first-order valence-electron chi connectivity index (χ1n) is 7.52. The second kappa shape index (κ2) is 9.24.